The Morgan fingerprint density at radius 1 is 1.41 bits per heavy atom. The fourth-order valence-corrected chi connectivity index (χ4v) is 2.78. The molecule has 0 spiro atoms. The van der Waals surface area contributed by atoms with E-state index in [9.17, 15) is 22.9 Å². The van der Waals surface area contributed by atoms with Gasteiger partial charge in [-0.25, -0.2) is 8.42 Å². The minimum Gasteiger partial charge on any atom is -0.258 e. The Hall–Kier alpha value is -1.21. The first-order valence-corrected chi connectivity index (χ1v) is 7.04. The van der Waals surface area contributed by atoms with E-state index in [2.05, 4.69) is 0 Å². The lowest BCUT2D eigenvalue weighted by Gasteiger charge is -2.05. The van der Waals surface area contributed by atoms with Crippen LogP contribution in [0, 0.1) is 15.9 Å². The summed E-state index contributed by atoms with van der Waals surface area (Å²) in [7, 11) is 1.08. The molecule has 0 aliphatic heterocycles. The van der Waals surface area contributed by atoms with Crippen LogP contribution in [0.25, 0.3) is 0 Å². The number of halogens is 2. The molecule has 0 atom stereocenters. The summed E-state index contributed by atoms with van der Waals surface area (Å²) in [6.45, 7) is 0. The molecular weight excluding hydrogens is 273 g/mol. The fourth-order valence-electron chi connectivity index (χ4n) is 1.62. The van der Waals surface area contributed by atoms with Crippen molar-refractivity contribution < 1.29 is 17.7 Å². The van der Waals surface area contributed by atoms with Gasteiger partial charge >= 0.3 is 5.69 Å². The van der Waals surface area contributed by atoms with Crippen LogP contribution in [-0.2, 0) is 9.05 Å². The summed E-state index contributed by atoms with van der Waals surface area (Å²) in [5.41, 5.74) is -0.656. The molecule has 0 bridgehead atoms. The van der Waals surface area contributed by atoms with Gasteiger partial charge in [0, 0.05) is 16.7 Å². The number of nitro benzene ring substituents is 1. The highest BCUT2D eigenvalue weighted by Gasteiger charge is 2.33. The second-order valence-corrected chi connectivity index (χ2v) is 6.35. The third kappa shape index (κ3) is 2.39. The van der Waals surface area contributed by atoms with E-state index >= 15 is 0 Å². The highest BCUT2D eigenvalue weighted by atomic mass is 35.7. The first kappa shape index (κ1) is 12.3. The molecule has 17 heavy (non-hydrogen) atoms. The number of nitrogens with zero attached hydrogens (tertiary/aromatic N) is 1. The summed E-state index contributed by atoms with van der Waals surface area (Å²) in [4.78, 5) is 9.18. The fraction of sp³-hybridized carbons (Fsp3) is 0.333. The van der Waals surface area contributed by atoms with Crippen molar-refractivity contribution in [2.75, 3.05) is 0 Å². The van der Waals surface area contributed by atoms with Gasteiger partial charge in [0.15, 0.2) is 0 Å². The SMILES string of the molecule is O=[N+]([O-])c1cc(S(=O)(=O)Cl)c(C2CC2)cc1F. The van der Waals surface area contributed by atoms with E-state index in [0.717, 1.165) is 18.9 Å². The Kier molecular flexibility index (Phi) is 2.82. The van der Waals surface area contributed by atoms with Crippen LogP contribution < -0.4 is 0 Å². The summed E-state index contributed by atoms with van der Waals surface area (Å²) in [6.07, 6.45) is 1.47. The molecule has 0 heterocycles. The number of benzene rings is 1. The predicted molar refractivity (Wildman–Crippen MR) is 58.1 cm³/mol. The van der Waals surface area contributed by atoms with Gasteiger partial charge in [0.05, 0.1) is 9.82 Å². The maximum Gasteiger partial charge on any atom is 0.306 e. The average molecular weight is 280 g/mol. The predicted octanol–water partition coefficient (Wildman–Crippen LogP) is 2.54. The largest absolute Gasteiger partial charge is 0.306 e. The lowest BCUT2D eigenvalue weighted by molar-refractivity contribution is -0.387. The van der Waals surface area contributed by atoms with E-state index in [4.69, 9.17) is 10.7 Å². The van der Waals surface area contributed by atoms with E-state index in [1.165, 1.54) is 0 Å². The Bertz CT molecular complexity index is 597. The van der Waals surface area contributed by atoms with E-state index < -0.39 is 25.5 Å². The normalized spacial score (nSPS) is 15.9. The summed E-state index contributed by atoms with van der Waals surface area (Å²) in [5, 5.41) is 10.5. The molecule has 5 nitrogen and oxygen atoms in total. The molecule has 92 valence electrons. The maximum absolute atomic E-state index is 13.4. The summed E-state index contributed by atoms with van der Waals surface area (Å²) >= 11 is 0. The van der Waals surface area contributed by atoms with Crippen LogP contribution in [0.3, 0.4) is 0 Å². The van der Waals surface area contributed by atoms with Gasteiger partial charge in [0.2, 0.25) is 5.82 Å². The first-order valence-electron chi connectivity index (χ1n) is 4.73. The zero-order valence-electron chi connectivity index (χ0n) is 8.39. The molecule has 0 amide bonds. The third-order valence-corrected chi connectivity index (χ3v) is 3.93. The molecule has 0 radical (unpaired) electrons. The molecule has 1 aliphatic carbocycles. The summed E-state index contributed by atoms with van der Waals surface area (Å²) < 4.78 is 36.0. The van der Waals surface area contributed by atoms with Crippen LogP contribution in [0.1, 0.15) is 24.3 Å². The smallest absolute Gasteiger partial charge is 0.258 e. The zero-order valence-corrected chi connectivity index (χ0v) is 9.96. The van der Waals surface area contributed by atoms with E-state index in [-0.39, 0.29) is 16.4 Å². The number of hydrogen-bond acceptors (Lipinski definition) is 4. The Morgan fingerprint density at radius 2 is 2.00 bits per heavy atom. The van der Waals surface area contributed by atoms with Gasteiger partial charge < -0.3 is 0 Å². The molecule has 0 saturated heterocycles. The molecule has 2 rings (SSSR count). The molecule has 0 aromatic heterocycles. The van der Waals surface area contributed by atoms with Crippen molar-refractivity contribution in [3.05, 3.63) is 33.6 Å². The Morgan fingerprint density at radius 3 is 2.41 bits per heavy atom. The maximum atomic E-state index is 13.4. The van der Waals surface area contributed by atoms with Gasteiger partial charge in [-0.1, -0.05) is 0 Å². The van der Waals surface area contributed by atoms with Gasteiger partial charge in [-0.2, -0.15) is 4.39 Å². The van der Waals surface area contributed by atoms with Crippen LogP contribution in [0.15, 0.2) is 17.0 Å². The molecule has 1 saturated carbocycles. The van der Waals surface area contributed by atoms with Crippen molar-refractivity contribution in [2.24, 2.45) is 0 Å². The van der Waals surface area contributed by atoms with Crippen LogP contribution in [0.5, 0.6) is 0 Å². The van der Waals surface area contributed by atoms with Crippen molar-refractivity contribution in [1.29, 1.82) is 0 Å². The van der Waals surface area contributed by atoms with Gasteiger partial charge in [-0.3, -0.25) is 10.1 Å². The Labute approximate surface area is 101 Å². The van der Waals surface area contributed by atoms with Crippen molar-refractivity contribution in [1.82, 2.24) is 0 Å². The lowest BCUT2D eigenvalue weighted by Crippen LogP contribution is -2.02. The molecule has 0 N–H and O–H groups in total. The van der Waals surface area contributed by atoms with Gasteiger partial charge in [0.25, 0.3) is 9.05 Å². The van der Waals surface area contributed by atoms with Crippen LogP contribution in [0.4, 0.5) is 10.1 Å². The van der Waals surface area contributed by atoms with Gasteiger partial charge in [-0.15, -0.1) is 0 Å². The summed E-state index contributed by atoms with van der Waals surface area (Å²) in [6, 6.07) is 1.58. The van der Waals surface area contributed by atoms with E-state index in [1.807, 2.05) is 0 Å². The summed E-state index contributed by atoms with van der Waals surface area (Å²) in [5.74, 6) is -1.12. The number of hydrogen-bond donors (Lipinski definition) is 0. The molecule has 0 unspecified atom stereocenters. The molecule has 8 heteroatoms. The number of nitro groups is 1. The van der Waals surface area contributed by atoms with Crippen molar-refractivity contribution in [3.63, 3.8) is 0 Å². The van der Waals surface area contributed by atoms with Crippen molar-refractivity contribution >= 4 is 25.4 Å². The standard InChI is InChI=1S/C9H7ClFNO4S/c10-17(15,16)9-4-8(12(13)14)7(11)3-6(9)5-1-2-5/h3-5H,1-2H2. The van der Waals surface area contributed by atoms with Gasteiger partial charge in [-0.05, 0) is 30.4 Å². The topological polar surface area (TPSA) is 77.3 Å². The third-order valence-electron chi connectivity index (χ3n) is 2.56. The monoisotopic (exact) mass is 279 g/mol. The number of rotatable bonds is 3. The van der Waals surface area contributed by atoms with Crippen molar-refractivity contribution in [2.45, 2.75) is 23.7 Å². The minimum atomic E-state index is -4.11. The molecule has 1 aromatic carbocycles. The molecule has 1 aliphatic rings. The molecule has 1 fully saturated rings. The van der Waals surface area contributed by atoms with E-state index in [0.29, 0.717) is 6.07 Å². The van der Waals surface area contributed by atoms with Crippen molar-refractivity contribution in [3.8, 4) is 0 Å². The average Bonchev–Trinajstić information content (AvgIpc) is 2.97. The quantitative estimate of drug-likeness (QED) is 0.484. The molecule has 1 aromatic rings. The highest BCUT2D eigenvalue weighted by molar-refractivity contribution is 8.13. The second kappa shape index (κ2) is 3.92. The minimum absolute atomic E-state index is 0.0752. The van der Waals surface area contributed by atoms with Gasteiger partial charge in [0.1, 0.15) is 0 Å². The Balaban J connectivity index is 2.69. The van der Waals surface area contributed by atoms with E-state index in [1.54, 1.807) is 0 Å². The second-order valence-electron chi connectivity index (χ2n) is 3.81. The van der Waals surface area contributed by atoms with Crippen LogP contribution >= 0.6 is 10.7 Å². The highest BCUT2D eigenvalue weighted by Crippen LogP contribution is 2.44. The van der Waals surface area contributed by atoms with Crippen LogP contribution in [-0.4, -0.2) is 13.3 Å². The lowest BCUT2D eigenvalue weighted by atomic mass is 10.1. The first-order chi connectivity index (χ1) is 7.80. The zero-order chi connectivity index (χ0) is 12.8. The molecular formula is C9H7ClFNO4S. The van der Waals surface area contributed by atoms with Crippen LogP contribution in [0.2, 0.25) is 0 Å².